The molecule has 0 aliphatic rings. The second-order valence-electron chi connectivity index (χ2n) is 5.81. The van der Waals surface area contributed by atoms with Crippen LogP contribution in [-0.2, 0) is 0 Å². The van der Waals surface area contributed by atoms with E-state index in [0.29, 0.717) is 18.4 Å². The first kappa shape index (κ1) is 20.9. The standard InChI is InChI=1S/C15H35N7/c1-9-14(19(6)10-2)11-22(17)15(20(7)12(3)4)18-13(5)21(8)16/h14-15H,3,9-11,16-17H2,1-2,4-8H3/b18-13+. The summed E-state index contributed by atoms with van der Waals surface area (Å²) in [7, 11) is 5.81. The van der Waals surface area contributed by atoms with Crippen molar-refractivity contribution in [2.75, 3.05) is 34.2 Å². The molecule has 0 aromatic carbocycles. The van der Waals surface area contributed by atoms with Gasteiger partial charge >= 0.3 is 0 Å². The lowest BCUT2D eigenvalue weighted by molar-refractivity contribution is 0.0598. The molecule has 0 aliphatic carbocycles. The fourth-order valence-electron chi connectivity index (χ4n) is 2.01. The Morgan fingerprint density at radius 3 is 2.05 bits per heavy atom. The van der Waals surface area contributed by atoms with Crippen LogP contribution in [0.2, 0.25) is 0 Å². The van der Waals surface area contributed by atoms with Crippen molar-refractivity contribution >= 4 is 5.84 Å². The maximum atomic E-state index is 6.33. The molecule has 0 fully saturated rings. The van der Waals surface area contributed by atoms with Crippen LogP contribution in [-0.4, -0.2) is 72.2 Å². The zero-order valence-corrected chi connectivity index (χ0v) is 15.4. The number of aliphatic imine (C=N–C) groups is 1. The lowest BCUT2D eigenvalue weighted by Gasteiger charge is -2.37. The highest BCUT2D eigenvalue weighted by atomic mass is 15.6. The minimum atomic E-state index is -0.331. The summed E-state index contributed by atoms with van der Waals surface area (Å²) >= 11 is 0. The summed E-state index contributed by atoms with van der Waals surface area (Å²) in [5, 5.41) is 3.24. The molecular formula is C15H35N7. The molecule has 0 radical (unpaired) electrons. The molecule has 0 heterocycles. The molecule has 0 amide bonds. The molecule has 0 aliphatic heterocycles. The smallest absolute Gasteiger partial charge is 0.192 e. The molecule has 7 heteroatoms. The van der Waals surface area contributed by atoms with E-state index in [1.165, 1.54) is 5.01 Å². The molecule has 4 N–H and O–H groups in total. The van der Waals surface area contributed by atoms with Crippen molar-refractivity contribution in [3.63, 3.8) is 0 Å². The molecule has 0 spiro atoms. The van der Waals surface area contributed by atoms with Gasteiger partial charge in [-0.3, -0.25) is 5.84 Å². The van der Waals surface area contributed by atoms with Crippen LogP contribution in [0.3, 0.4) is 0 Å². The van der Waals surface area contributed by atoms with Crippen LogP contribution < -0.4 is 11.7 Å². The predicted octanol–water partition coefficient (Wildman–Crippen LogP) is 0.865. The molecule has 22 heavy (non-hydrogen) atoms. The highest BCUT2D eigenvalue weighted by molar-refractivity contribution is 5.78. The first-order valence-electron chi connectivity index (χ1n) is 7.78. The Morgan fingerprint density at radius 2 is 1.68 bits per heavy atom. The largest absolute Gasteiger partial charge is 0.344 e. The molecule has 0 saturated carbocycles. The number of hydrazine groups is 2. The fraction of sp³-hybridized carbons (Fsp3) is 0.800. The predicted molar refractivity (Wildman–Crippen MR) is 94.7 cm³/mol. The van der Waals surface area contributed by atoms with E-state index in [4.69, 9.17) is 11.7 Å². The van der Waals surface area contributed by atoms with Gasteiger partial charge in [-0.25, -0.2) is 15.8 Å². The van der Waals surface area contributed by atoms with Gasteiger partial charge in [-0.15, -0.1) is 0 Å². The van der Waals surface area contributed by atoms with Crippen molar-refractivity contribution in [1.29, 1.82) is 0 Å². The molecule has 7 nitrogen and oxygen atoms in total. The summed E-state index contributed by atoms with van der Waals surface area (Å²) in [6.45, 7) is 13.8. The Hall–Kier alpha value is -1.15. The van der Waals surface area contributed by atoms with E-state index in [2.05, 4.69) is 37.4 Å². The van der Waals surface area contributed by atoms with Crippen LogP contribution in [0, 0.1) is 0 Å². The average Bonchev–Trinajstić information content (AvgIpc) is 2.47. The Bertz CT molecular complexity index is 367. The van der Waals surface area contributed by atoms with Gasteiger partial charge in [0.25, 0.3) is 0 Å². The molecule has 0 saturated heterocycles. The van der Waals surface area contributed by atoms with Gasteiger partial charge in [0.05, 0.1) is 0 Å². The lowest BCUT2D eigenvalue weighted by atomic mass is 10.2. The summed E-state index contributed by atoms with van der Waals surface area (Å²) in [5.41, 5.74) is 0.897. The topological polar surface area (TPSA) is 77.4 Å². The first-order chi connectivity index (χ1) is 10.1. The fourth-order valence-corrected chi connectivity index (χ4v) is 2.01. The van der Waals surface area contributed by atoms with Crippen LogP contribution in [0.15, 0.2) is 17.3 Å². The van der Waals surface area contributed by atoms with Crippen molar-refractivity contribution in [1.82, 2.24) is 19.8 Å². The number of hydrogen-bond donors (Lipinski definition) is 2. The maximum absolute atomic E-state index is 6.33. The molecule has 130 valence electrons. The van der Waals surface area contributed by atoms with Crippen molar-refractivity contribution in [2.45, 2.75) is 46.4 Å². The third kappa shape index (κ3) is 6.31. The summed E-state index contributed by atoms with van der Waals surface area (Å²) in [5.74, 6) is 12.8. The van der Waals surface area contributed by atoms with Gasteiger partial charge in [0.2, 0.25) is 0 Å². The minimum Gasteiger partial charge on any atom is -0.344 e. The van der Waals surface area contributed by atoms with E-state index in [0.717, 1.165) is 18.7 Å². The lowest BCUT2D eigenvalue weighted by Crippen LogP contribution is -2.54. The molecule has 2 atom stereocenters. The van der Waals surface area contributed by atoms with Gasteiger partial charge in [0, 0.05) is 32.4 Å². The second kappa shape index (κ2) is 9.78. The third-order valence-corrected chi connectivity index (χ3v) is 4.07. The number of amidine groups is 1. The van der Waals surface area contributed by atoms with Gasteiger partial charge in [-0.05, 0) is 33.9 Å². The van der Waals surface area contributed by atoms with Crippen LogP contribution in [0.5, 0.6) is 0 Å². The molecule has 0 bridgehead atoms. The number of rotatable bonds is 9. The maximum Gasteiger partial charge on any atom is 0.192 e. The zero-order chi connectivity index (χ0) is 17.4. The van der Waals surface area contributed by atoms with Crippen LogP contribution in [0.25, 0.3) is 0 Å². The van der Waals surface area contributed by atoms with Gasteiger partial charge in [-0.2, -0.15) is 0 Å². The molecule has 0 rings (SSSR count). The highest BCUT2D eigenvalue weighted by Gasteiger charge is 2.23. The number of hydrogen-bond acceptors (Lipinski definition) is 6. The van der Waals surface area contributed by atoms with Gasteiger partial charge in [-0.1, -0.05) is 20.4 Å². The van der Waals surface area contributed by atoms with Crippen LogP contribution in [0.1, 0.15) is 34.1 Å². The Balaban J connectivity index is 5.24. The summed E-state index contributed by atoms with van der Waals surface area (Å²) < 4.78 is 0. The van der Waals surface area contributed by atoms with E-state index >= 15 is 0 Å². The minimum absolute atomic E-state index is 0.331. The van der Waals surface area contributed by atoms with Gasteiger partial charge in [0.1, 0.15) is 5.84 Å². The van der Waals surface area contributed by atoms with E-state index in [1.54, 1.807) is 12.1 Å². The van der Waals surface area contributed by atoms with Crippen LogP contribution in [0.4, 0.5) is 0 Å². The van der Waals surface area contributed by atoms with E-state index < -0.39 is 0 Å². The quantitative estimate of drug-likeness (QED) is 0.216. The SMILES string of the molecule is C=C(C)N(C)C(/N=C(\C)N(C)N)N(N)CC(CC)N(C)CC. The normalized spacial score (nSPS) is 15.1. The first-order valence-corrected chi connectivity index (χ1v) is 7.78. The van der Waals surface area contributed by atoms with E-state index in [1.807, 2.05) is 25.8 Å². The Morgan fingerprint density at radius 1 is 1.14 bits per heavy atom. The summed E-state index contributed by atoms with van der Waals surface area (Å²) in [6.07, 6.45) is 0.698. The summed E-state index contributed by atoms with van der Waals surface area (Å²) in [6, 6.07) is 0.377. The molecule has 2 unspecified atom stereocenters. The van der Waals surface area contributed by atoms with Crippen LogP contribution >= 0.6 is 0 Å². The van der Waals surface area contributed by atoms with Crippen molar-refractivity contribution < 1.29 is 0 Å². The van der Waals surface area contributed by atoms with Crippen molar-refractivity contribution in [2.24, 2.45) is 16.7 Å². The third-order valence-electron chi connectivity index (χ3n) is 4.07. The van der Waals surface area contributed by atoms with Crippen molar-refractivity contribution in [3.8, 4) is 0 Å². The number of nitrogens with zero attached hydrogens (tertiary/aromatic N) is 5. The monoisotopic (exact) mass is 313 g/mol. The number of nitrogens with two attached hydrogens (primary N) is 2. The van der Waals surface area contributed by atoms with Gasteiger partial charge < -0.3 is 14.8 Å². The summed E-state index contributed by atoms with van der Waals surface area (Å²) in [4.78, 5) is 8.88. The number of allylic oxidation sites excluding steroid dienone is 1. The zero-order valence-electron chi connectivity index (χ0n) is 15.4. The van der Waals surface area contributed by atoms with Crippen molar-refractivity contribution in [3.05, 3.63) is 12.3 Å². The van der Waals surface area contributed by atoms with Gasteiger partial charge in [0.15, 0.2) is 6.29 Å². The number of likely N-dealkylation sites (N-methyl/N-ethyl adjacent to an activating group) is 1. The van der Waals surface area contributed by atoms with E-state index in [9.17, 15) is 0 Å². The Kier molecular flexibility index (Phi) is 9.27. The average molecular weight is 313 g/mol. The molecule has 0 aromatic heterocycles. The Labute approximate surface area is 136 Å². The molecule has 0 aromatic rings. The highest BCUT2D eigenvalue weighted by Crippen LogP contribution is 2.12. The van der Waals surface area contributed by atoms with E-state index in [-0.39, 0.29) is 6.29 Å². The second-order valence-corrected chi connectivity index (χ2v) is 5.81. The molecular weight excluding hydrogens is 278 g/mol.